The summed E-state index contributed by atoms with van der Waals surface area (Å²) in [5.74, 6) is 0.0488. The zero-order valence-corrected chi connectivity index (χ0v) is 19.5. The van der Waals surface area contributed by atoms with Gasteiger partial charge in [-0.25, -0.2) is 9.37 Å². The Kier molecular flexibility index (Phi) is 6.55. The molecule has 1 fully saturated rings. The summed E-state index contributed by atoms with van der Waals surface area (Å²) in [7, 11) is 0. The van der Waals surface area contributed by atoms with Gasteiger partial charge in [0, 0.05) is 37.0 Å². The van der Waals surface area contributed by atoms with E-state index >= 15 is 0 Å². The minimum absolute atomic E-state index is 0.0180. The summed E-state index contributed by atoms with van der Waals surface area (Å²) in [5.41, 5.74) is 1.74. The lowest BCUT2D eigenvalue weighted by molar-refractivity contribution is -0.127. The molecular weight excluding hydrogens is 439 g/mol. The molecule has 1 aliphatic carbocycles. The van der Waals surface area contributed by atoms with Crippen molar-refractivity contribution in [3.05, 3.63) is 62.8 Å². The first-order valence-electron chi connectivity index (χ1n) is 11.8. The highest BCUT2D eigenvalue weighted by molar-refractivity contribution is 7.18. The van der Waals surface area contributed by atoms with Crippen molar-refractivity contribution in [2.45, 2.75) is 57.5 Å². The van der Waals surface area contributed by atoms with Crippen molar-refractivity contribution in [2.24, 2.45) is 0 Å². The molecule has 6 nitrogen and oxygen atoms in total. The standard InChI is InChI=1S/C25H29FN4O2S/c26-20-6-2-1-5-17(20)10-14-30-16-28-24-23(25(30)32)19-9-8-18(15-21(19)33-24)27-11-4-13-29-12-3-7-22(29)31/h1-2,5-6,16,18,27H,3-4,7-15H2. The molecule has 1 saturated heterocycles. The molecule has 0 saturated carbocycles. The second kappa shape index (κ2) is 9.73. The number of aromatic nitrogens is 2. The highest BCUT2D eigenvalue weighted by Crippen LogP contribution is 2.33. The van der Waals surface area contributed by atoms with Gasteiger partial charge in [0.2, 0.25) is 5.91 Å². The van der Waals surface area contributed by atoms with Gasteiger partial charge in [0.25, 0.3) is 5.56 Å². The number of hydrogen-bond acceptors (Lipinski definition) is 5. The van der Waals surface area contributed by atoms with E-state index in [0.717, 1.165) is 67.5 Å². The first-order valence-corrected chi connectivity index (χ1v) is 12.7. The molecule has 1 N–H and O–H groups in total. The van der Waals surface area contributed by atoms with Crippen LogP contribution < -0.4 is 10.9 Å². The van der Waals surface area contributed by atoms with Gasteiger partial charge in [-0.1, -0.05) is 18.2 Å². The molecule has 0 bridgehead atoms. The van der Waals surface area contributed by atoms with Crippen LogP contribution in [0, 0.1) is 5.82 Å². The van der Waals surface area contributed by atoms with Crippen LogP contribution in [0.15, 0.2) is 35.4 Å². The zero-order chi connectivity index (χ0) is 22.8. The first kappa shape index (κ1) is 22.2. The SMILES string of the molecule is O=C1CCCN1CCCNC1CCc2c(sc3ncn(CCc4ccccc4F)c(=O)c23)C1. The summed E-state index contributed by atoms with van der Waals surface area (Å²) in [6.07, 6.45) is 7.48. The Morgan fingerprint density at radius 1 is 1.18 bits per heavy atom. The van der Waals surface area contributed by atoms with E-state index in [9.17, 15) is 14.0 Å². The third kappa shape index (κ3) is 4.73. The predicted molar refractivity (Wildman–Crippen MR) is 128 cm³/mol. The van der Waals surface area contributed by atoms with Gasteiger partial charge in [-0.2, -0.15) is 0 Å². The number of amides is 1. The van der Waals surface area contributed by atoms with E-state index in [-0.39, 0.29) is 17.3 Å². The summed E-state index contributed by atoms with van der Waals surface area (Å²) in [4.78, 5) is 33.5. The smallest absolute Gasteiger partial charge is 0.262 e. The van der Waals surface area contributed by atoms with Gasteiger partial charge in [-0.15, -0.1) is 11.3 Å². The Balaban J connectivity index is 1.22. The third-order valence-electron chi connectivity index (χ3n) is 6.82. The van der Waals surface area contributed by atoms with E-state index in [1.165, 1.54) is 10.9 Å². The van der Waals surface area contributed by atoms with Crippen LogP contribution in [0.5, 0.6) is 0 Å². The summed E-state index contributed by atoms with van der Waals surface area (Å²) in [5, 5.41) is 4.39. The quantitative estimate of drug-likeness (QED) is 0.515. The minimum Gasteiger partial charge on any atom is -0.343 e. The lowest BCUT2D eigenvalue weighted by Crippen LogP contribution is -2.36. The number of nitrogens with zero attached hydrogens (tertiary/aromatic N) is 3. The fourth-order valence-corrected chi connectivity index (χ4v) is 6.25. The fraction of sp³-hybridized carbons (Fsp3) is 0.480. The first-order chi connectivity index (χ1) is 16.1. The van der Waals surface area contributed by atoms with Gasteiger partial charge in [0.15, 0.2) is 0 Å². The number of rotatable bonds is 8. The maximum atomic E-state index is 13.9. The molecule has 0 spiro atoms. The monoisotopic (exact) mass is 468 g/mol. The van der Waals surface area contributed by atoms with Crippen LogP contribution in [0.4, 0.5) is 4.39 Å². The Morgan fingerprint density at radius 2 is 2.06 bits per heavy atom. The van der Waals surface area contributed by atoms with Crippen LogP contribution in [-0.4, -0.2) is 46.0 Å². The van der Waals surface area contributed by atoms with E-state index in [1.54, 1.807) is 34.4 Å². The molecule has 0 radical (unpaired) electrons. The van der Waals surface area contributed by atoms with E-state index in [0.29, 0.717) is 31.0 Å². The topological polar surface area (TPSA) is 67.2 Å². The molecule has 2 aliphatic rings. The van der Waals surface area contributed by atoms with Crippen LogP contribution in [-0.2, 0) is 30.6 Å². The second-order valence-electron chi connectivity index (χ2n) is 9.00. The van der Waals surface area contributed by atoms with Crippen molar-refractivity contribution >= 4 is 27.5 Å². The normalized spacial score (nSPS) is 18.3. The number of carbonyl (C=O) groups excluding carboxylic acids is 1. The summed E-state index contributed by atoms with van der Waals surface area (Å²) in [6.45, 7) is 3.05. The van der Waals surface area contributed by atoms with Crippen molar-refractivity contribution in [1.82, 2.24) is 19.8 Å². The number of hydrogen-bond donors (Lipinski definition) is 1. The average Bonchev–Trinajstić information content (AvgIpc) is 3.40. The maximum absolute atomic E-state index is 13.9. The van der Waals surface area contributed by atoms with E-state index in [4.69, 9.17) is 0 Å². The molecular formula is C25H29FN4O2S. The van der Waals surface area contributed by atoms with Gasteiger partial charge in [-0.3, -0.25) is 14.2 Å². The molecule has 33 heavy (non-hydrogen) atoms. The molecule has 2 aromatic heterocycles. The molecule has 1 unspecified atom stereocenters. The molecule has 3 heterocycles. The van der Waals surface area contributed by atoms with Crippen LogP contribution >= 0.6 is 11.3 Å². The molecule has 1 aliphatic heterocycles. The number of benzene rings is 1. The van der Waals surface area contributed by atoms with Gasteiger partial charge in [0.1, 0.15) is 10.6 Å². The zero-order valence-electron chi connectivity index (χ0n) is 18.7. The number of halogens is 1. The molecule has 5 rings (SSSR count). The van der Waals surface area contributed by atoms with Gasteiger partial charge in [-0.05, 0) is 62.3 Å². The van der Waals surface area contributed by atoms with Crippen LogP contribution in [0.1, 0.15) is 41.7 Å². The Labute approximate surface area is 196 Å². The van der Waals surface area contributed by atoms with Crippen molar-refractivity contribution < 1.29 is 9.18 Å². The minimum atomic E-state index is -0.238. The number of thiophene rings is 1. The molecule has 174 valence electrons. The Hall–Kier alpha value is -2.58. The average molecular weight is 469 g/mol. The van der Waals surface area contributed by atoms with E-state index in [1.807, 2.05) is 11.0 Å². The van der Waals surface area contributed by atoms with Crippen LogP contribution in [0.25, 0.3) is 10.2 Å². The highest BCUT2D eigenvalue weighted by atomic mass is 32.1. The molecule has 3 aromatic rings. The van der Waals surface area contributed by atoms with Crippen molar-refractivity contribution in [2.75, 3.05) is 19.6 Å². The number of carbonyl (C=O) groups is 1. The van der Waals surface area contributed by atoms with Crippen molar-refractivity contribution in [3.8, 4) is 0 Å². The van der Waals surface area contributed by atoms with E-state index in [2.05, 4.69) is 10.3 Å². The van der Waals surface area contributed by atoms with Crippen molar-refractivity contribution in [1.29, 1.82) is 0 Å². The molecule has 8 heteroatoms. The lowest BCUT2D eigenvalue weighted by atomic mass is 9.93. The molecule has 1 aromatic carbocycles. The molecule has 1 amide bonds. The summed E-state index contributed by atoms with van der Waals surface area (Å²) >= 11 is 1.63. The fourth-order valence-electron chi connectivity index (χ4n) is 4.99. The van der Waals surface area contributed by atoms with Gasteiger partial charge >= 0.3 is 0 Å². The van der Waals surface area contributed by atoms with Gasteiger partial charge in [0.05, 0.1) is 11.7 Å². The van der Waals surface area contributed by atoms with E-state index < -0.39 is 0 Å². The second-order valence-corrected chi connectivity index (χ2v) is 10.1. The number of nitrogens with one attached hydrogen (secondary N) is 1. The Morgan fingerprint density at radius 3 is 2.88 bits per heavy atom. The van der Waals surface area contributed by atoms with Crippen molar-refractivity contribution in [3.63, 3.8) is 0 Å². The Bertz CT molecular complexity index is 1220. The highest BCUT2D eigenvalue weighted by Gasteiger charge is 2.25. The third-order valence-corrected chi connectivity index (χ3v) is 7.99. The lowest BCUT2D eigenvalue weighted by Gasteiger charge is -2.24. The number of likely N-dealkylation sites (tertiary alicyclic amines) is 1. The maximum Gasteiger partial charge on any atom is 0.262 e. The largest absolute Gasteiger partial charge is 0.343 e. The van der Waals surface area contributed by atoms with Gasteiger partial charge < -0.3 is 10.2 Å². The summed E-state index contributed by atoms with van der Waals surface area (Å²) < 4.78 is 15.6. The predicted octanol–water partition coefficient (Wildman–Crippen LogP) is 3.30. The number of fused-ring (bicyclic) bond motifs is 3. The van der Waals surface area contributed by atoms with Crippen LogP contribution in [0.3, 0.4) is 0 Å². The number of aryl methyl sites for hydroxylation is 3. The van der Waals surface area contributed by atoms with Crippen LogP contribution in [0.2, 0.25) is 0 Å². The molecule has 1 atom stereocenters. The summed E-state index contributed by atoms with van der Waals surface area (Å²) in [6, 6.07) is 7.09.